The van der Waals surface area contributed by atoms with Crippen molar-refractivity contribution in [3.8, 4) is 0 Å². The molecule has 3 rings (SSSR count). The minimum Gasteiger partial charge on any atom is -0.469 e. The lowest BCUT2D eigenvalue weighted by Gasteiger charge is -2.33. The van der Waals surface area contributed by atoms with Gasteiger partial charge in [0.15, 0.2) is 5.96 Å². The Balaban J connectivity index is 0.00000320. The molecule has 166 valence electrons. The monoisotopic (exact) mass is 526 g/mol. The van der Waals surface area contributed by atoms with E-state index in [2.05, 4.69) is 46.7 Å². The van der Waals surface area contributed by atoms with Crippen molar-refractivity contribution >= 4 is 29.9 Å². The molecule has 1 aromatic carbocycles. The summed E-state index contributed by atoms with van der Waals surface area (Å²) in [5.41, 5.74) is 1.25. The predicted octanol–water partition coefficient (Wildman–Crippen LogP) is 3.85. The zero-order valence-corrected chi connectivity index (χ0v) is 20.4. The maximum absolute atomic E-state index is 5.43. The van der Waals surface area contributed by atoms with E-state index >= 15 is 0 Å². The van der Waals surface area contributed by atoms with Crippen LogP contribution in [-0.4, -0.2) is 56.8 Å². The van der Waals surface area contributed by atoms with Crippen molar-refractivity contribution in [1.29, 1.82) is 0 Å². The number of rotatable bonds is 9. The number of nitrogens with zero attached hydrogens (tertiary/aromatic N) is 2. The smallest absolute Gasteiger partial charge is 0.191 e. The number of guanidine groups is 1. The number of halogens is 1. The highest BCUT2D eigenvalue weighted by Crippen LogP contribution is 2.13. The number of likely N-dealkylation sites (tertiary alicyclic amines) is 1. The van der Waals surface area contributed by atoms with Crippen LogP contribution in [0.25, 0.3) is 0 Å². The number of ether oxygens (including phenoxy) is 1. The van der Waals surface area contributed by atoms with E-state index in [1.807, 2.05) is 18.2 Å². The first-order valence-corrected chi connectivity index (χ1v) is 10.6. The molecule has 30 heavy (non-hydrogen) atoms. The van der Waals surface area contributed by atoms with Crippen molar-refractivity contribution in [2.24, 2.45) is 4.99 Å². The summed E-state index contributed by atoms with van der Waals surface area (Å²) in [7, 11) is 1.76. The van der Waals surface area contributed by atoms with E-state index in [9.17, 15) is 0 Å². The second kappa shape index (κ2) is 13.7. The van der Waals surface area contributed by atoms with Crippen LogP contribution in [0.3, 0.4) is 0 Å². The average Bonchev–Trinajstić information content (AvgIpc) is 3.27. The first-order valence-electron chi connectivity index (χ1n) is 10.6. The van der Waals surface area contributed by atoms with Gasteiger partial charge in [0, 0.05) is 45.8 Å². The van der Waals surface area contributed by atoms with Gasteiger partial charge in [-0.1, -0.05) is 30.3 Å². The van der Waals surface area contributed by atoms with Gasteiger partial charge < -0.3 is 24.7 Å². The maximum Gasteiger partial charge on any atom is 0.191 e. The molecule has 1 saturated heterocycles. The van der Waals surface area contributed by atoms with E-state index in [0.717, 1.165) is 57.2 Å². The molecule has 0 aliphatic carbocycles. The third kappa shape index (κ3) is 8.28. The molecular formula is C23H35IN4O2. The molecule has 1 unspecified atom stereocenters. The molecule has 1 aliphatic heterocycles. The fourth-order valence-electron chi connectivity index (χ4n) is 3.61. The number of methoxy groups -OCH3 is 1. The van der Waals surface area contributed by atoms with Crippen LogP contribution in [0.5, 0.6) is 0 Å². The second-order valence-corrected chi connectivity index (χ2v) is 7.59. The molecule has 0 amide bonds. The molecular weight excluding hydrogens is 491 g/mol. The van der Waals surface area contributed by atoms with Crippen molar-refractivity contribution in [2.75, 3.05) is 39.9 Å². The van der Waals surface area contributed by atoms with Crippen molar-refractivity contribution in [3.05, 3.63) is 60.1 Å². The Labute approximate surface area is 197 Å². The van der Waals surface area contributed by atoms with E-state index < -0.39 is 0 Å². The molecule has 1 fully saturated rings. The quantitative estimate of drug-likeness (QED) is 0.296. The Hall–Kier alpha value is -1.58. The summed E-state index contributed by atoms with van der Waals surface area (Å²) in [5.74, 6) is 1.85. The number of furan rings is 1. The molecule has 2 aromatic rings. The van der Waals surface area contributed by atoms with Gasteiger partial charge in [-0.05, 0) is 37.5 Å². The lowest BCUT2D eigenvalue weighted by Crippen LogP contribution is -2.49. The summed E-state index contributed by atoms with van der Waals surface area (Å²) >= 11 is 0. The van der Waals surface area contributed by atoms with E-state index in [4.69, 9.17) is 14.1 Å². The Morgan fingerprint density at radius 3 is 2.63 bits per heavy atom. The Morgan fingerprint density at radius 1 is 1.20 bits per heavy atom. The van der Waals surface area contributed by atoms with Crippen LogP contribution in [0.15, 0.2) is 58.1 Å². The SMILES string of the molecule is COCCN1CCC(NC(=NCCc2ccco2)NC(C)c2ccccc2)CC1.I. The average molecular weight is 526 g/mol. The normalized spacial score (nSPS) is 16.7. The molecule has 1 atom stereocenters. The number of aliphatic imine (C=N–C) groups is 1. The molecule has 0 radical (unpaired) electrons. The van der Waals surface area contributed by atoms with Gasteiger partial charge in [0.2, 0.25) is 0 Å². The van der Waals surface area contributed by atoms with Crippen LogP contribution in [0.4, 0.5) is 0 Å². The van der Waals surface area contributed by atoms with Gasteiger partial charge in [0.05, 0.1) is 18.9 Å². The van der Waals surface area contributed by atoms with Gasteiger partial charge in [-0.3, -0.25) is 4.99 Å². The van der Waals surface area contributed by atoms with Gasteiger partial charge in [-0.15, -0.1) is 24.0 Å². The first-order chi connectivity index (χ1) is 14.2. The second-order valence-electron chi connectivity index (χ2n) is 7.59. The molecule has 2 N–H and O–H groups in total. The van der Waals surface area contributed by atoms with Crippen LogP contribution < -0.4 is 10.6 Å². The van der Waals surface area contributed by atoms with Crippen LogP contribution in [0, 0.1) is 0 Å². The molecule has 0 spiro atoms. The van der Waals surface area contributed by atoms with Gasteiger partial charge in [-0.2, -0.15) is 0 Å². The Bertz CT molecular complexity index is 716. The summed E-state index contributed by atoms with van der Waals surface area (Å²) in [4.78, 5) is 7.30. The van der Waals surface area contributed by atoms with E-state index in [0.29, 0.717) is 12.6 Å². The number of nitrogens with one attached hydrogen (secondary N) is 2. The molecule has 2 heterocycles. The zero-order valence-electron chi connectivity index (χ0n) is 18.0. The van der Waals surface area contributed by atoms with Crippen LogP contribution >= 0.6 is 24.0 Å². The number of benzene rings is 1. The summed E-state index contributed by atoms with van der Waals surface area (Å²) < 4.78 is 10.6. The lowest BCUT2D eigenvalue weighted by molar-refractivity contribution is 0.128. The van der Waals surface area contributed by atoms with E-state index in [-0.39, 0.29) is 30.0 Å². The van der Waals surface area contributed by atoms with Gasteiger partial charge >= 0.3 is 0 Å². The van der Waals surface area contributed by atoms with Crippen molar-refractivity contribution in [3.63, 3.8) is 0 Å². The largest absolute Gasteiger partial charge is 0.469 e. The first kappa shape index (κ1) is 24.7. The van der Waals surface area contributed by atoms with Crippen molar-refractivity contribution in [1.82, 2.24) is 15.5 Å². The molecule has 1 aliphatic rings. The van der Waals surface area contributed by atoms with Crippen LogP contribution in [-0.2, 0) is 11.2 Å². The molecule has 7 heteroatoms. The fraction of sp³-hybridized carbons (Fsp3) is 0.522. The van der Waals surface area contributed by atoms with E-state index in [1.54, 1.807) is 13.4 Å². The third-order valence-corrected chi connectivity index (χ3v) is 5.40. The van der Waals surface area contributed by atoms with Crippen LogP contribution in [0.2, 0.25) is 0 Å². The maximum atomic E-state index is 5.43. The Kier molecular flexibility index (Phi) is 11.2. The molecule has 6 nitrogen and oxygen atoms in total. The lowest BCUT2D eigenvalue weighted by atomic mass is 10.1. The van der Waals surface area contributed by atoms with Crippen molar-refractivity contribution < 1.29 is 9.15 Å². The minimum absolute atomic E-state index is 0. The predicted molar refractivity (Wildman–Crippen MR) is 133 cm³/mol. The standard InChI is InChI=1S/C23H34N4O2.HI/c1-19(20-7-4-3-5-8-20)25-23(24-13-10-22-9-6-17-29-22)26-21-11-14-27(15-12-21)16-18-28-2;/h3-9,17,19,21H,10-16,18H2,1-2H3,(H2,24,25,26);1H. The topological polar surface area (TPSA) is 62.0 Å². The molecule has 0 saturated carbocycles. The highest BCUT2D eigenvalue weighted by molar-refractivity contribution is 14.0. The zero-order chi connectivity index (χ0) is 20.3. The van der Waals surface area contributed by atoms with Gasteiger partial charge in [0.1, 0.15) is 5.76 Å². The van der Waals surface area contributed by atoms with Crippen molar-refractivity contribution in [2.45, 2.75) is 38.3 Å². The minimum atomic E-state index is 0. The van der Waals surface area contributed by atoms with Gasteiger partial charge in [0.25, 0.3) is 0 Å². The number of hydrogen-bond donors (Lipinski definition) is 2. The summed E-state index contributed by atoms with van der Waals surface area (Å²) in [5, 5.41) is 7.24. The van der Waals surface area contributed by atoms with Gasteiger partial charge in [-0.25, -0.2) is 0 Å². The fourth-order valence-corrected chi connectivity index (χ4v) is 3.61. The van der Waals surface area contributed by atoms with Crippen LogP contribution in [0.1, 0.15) is 37.1 Å². The molecule has 0 bridgehead atoms. The number of hydrogen-bond acceptors (Lipinski definition) is 4. The summed E-state index contributed by atoms with van der Waals surface area (Å²) in [6.45, 7) is 6.86. The van der Waals surface area contributed by atoms with E-state index in [1.165, 1.54) is 5.56 Å². The highest BCUT2D eigenvalue weighted by Gasteiger charge is 2.20. The molecule has 1 aromatic heterocycles. The summed E-state index contributed by atoms with van der Waals surface area (Å²) in [6, 6.07) is 15.0. The third-order valence-electron chi connectivity index (χ3n) is 5.40. The Morgan fingerprint density at radius 2 is 1.97 bits per heavy atom. The number of piperidine rings is 1. The highest BCUT2D eigenvalue weighted by atomic mass is 127. The summed E-state index contributed by atoms with van der Waals surface area (Å²) in [6.07, 6.45) is 4.74.